The molecule has 0 bridgehead atoms. The lowest BCUT2D eigenvalue weighted by Crippen LogP contribution is -2.31. The van der Waals surface area contributed by atoms with Crippen LogP contribution in [-0.4, -0.2) is 18.2 Å². The SMILES string of the molecule is CC(C)(C)n1ncc(C(NS(=O)(=O)c2ccc(C(F)(F)F)cc2)C2CC2)c1-c1cc(F)ccc1Br. The third kappa shape index (κ3) is 5.46. The fraction of sp³-hybridized carbons (Fsp3) is 0.375. The van der Waals surface area contributed by atoms with E-state index in [1.807, 2.05) is 20.8 Å². The van der Waals surface area contributed by atoms with Gasteiger partial charge in [-0.05, 0) is 82.0 Å². The first-order chi connectivity index (χ1) is 16.2. The zero-order valence-electron chi connectivity index (χ0n) is 19.2. The molecule has 0 amide bonds. The van der Waals surface area contributed by atoms with Crippen molar-refractivity contribution in [2.75, 3.05) is 0 Å². The Kier molecular flexibility index (Phi) is 6.65. The van der Waals surface area contributed by atoms with E-state index in [9.17, 15) is 26.0 Å². The number of benzene rings is 2. The summed E-state index contributed by atoms with van der Waals surface area (Å²) in [6, 6.07) is 6.94. The van der Waals surface area contributed by atoms with Crippen LogP contribution < -0.4 is 4.72 Å². The highest BCUT2D eigenvalue weighted by Crippen LogP contribution is 2.46. The first-order valence-corrected chi connectivity index (χ1v) is 13.2. The van der Waals surface area contributed by atoms with Crippen molar-refractivity contribution in [2.45, 2.75) is 56.3 Å². The number of nitrogens with one attached hydrogen (secondary N) is 1. The van der Waals surface area contributed by atoms with E-state index in [1.165, 1.54) is 12.1 Å². The summed E-state index contributed by atoms with van der Waals surface area (Å²) in [7, 11) is -4.16. The van der Waals surface area contributed by atoms with Crippen molar-refractivity contribution in [2.24, 2.45) is 5.92 Å². The Morgan fingerprint density at radius 2 is 1.71 bits per heavy atom. The molecule has 0 spiro atoms. The first kappa shape index (κ1) is 25.8. The van der Waals surface area contributed by atoms with Crippen LogP contribution in [0.1, 0.15) is 50.8 Å². The molecule has 0 radical (unpaired) electrons. The average molecular weight is 574 g/mol. The zero-order valence-corrected chi connectivity index (χ0v) is 21.6. The molecule has 5 nitrogen and oxygen atoms in total. The van der Waals surface area contributed by atoms with E-state index in [0.29, 0.717) is 21.3 Å². The molecule has 1 atom stereocenters. The molecule has 1 aliphatic carbocycles. The minimum atomic E-state index is -4.57. The minimum Gasteiger partial charge on any atom is -0.259 e. The Labute approximate surface area is 209 Å². The van der Waals surface area contributed by atoms with Gasteiger partial charge in [-0.3, -0.25) is 4.68 Å². The molecular formula is C24H24BrF4N3O2S. The Balaban J connectivity index is 1.79. The molecule has 11 heteroatoms. The fourth-order valence-corrected chi connectivity index (χ4v) is 5.67. The lowest BCUT2D eigenvalue weighted by atomic mass is 9.98. The van der Waals surface area contributed by atoms with Crippen molar-refractivity contribution in [3.05, 3.63) is 70.1 Å². The molecule has 1 saturated carbocycles. The van der Waals surface area contributed by atoms with Crippen LogP contribution in [0.3, 0.4) is 0 Å². The summed E-state index contributed by atoms with van der Waals surface area (Å²) in [5.41, 5.74) is 0.228. The van der Waals surface area contributed by atoms with Crippen LogP contribution in [0.15, 0.2) is 58.0 Å². The van der Waals surface area contributed by atoms with E-state index >= 15 is 0 Å². The number of hydrogen-bond donors (Lipinski definition) is 1. The molecular weight excluding hydrogens is 550 g/mol. The number of alkyl halides is 3. The predicted molar refractivity (Wildman–Crippen MR) is 128 cm³/mol. The second-order valence-corrected chi connectivity index (χ2v) is 12.2. The van der Waals surface area contributed by atoms with E-state index in [2.05, 4.69) is 25.8 Å². The van der Waals surface area contributed by atoms with Gasteiger partial charge in [-0.2, -0.15) is 18.3 Å². The lowest BCUT2D eigenvalue weighted by Gasteiger charge is -2.25. The van der Waals surface area contributed by atoms with E-state index in [-0.39, 0.29) is 10.8 Å². The number of halogens is 5. The quantitative estimate of drug-likeness (QED) is 0.335. The molecule has 0 aliphatic heterocycles. The van der Waals surface area contributed by atoms with Gasteiger partial charge in [0, 0.05) is 15.6 Å². The van der Waals surface area contributed by atoms with Gasteiger partial charge in [-0.1, -0.05) is 15.9 Å². The molecule has 1 unspecified atom stereocenters. The van der Waals surface area contributed by atoms with Gasteiger partial charge >= 0.3 is 6.18 Å². The van der Waals surface area contributed by atoms with E-state index < -0.39 is 39.2 Å². The van der Waals surface area contributed by atoms with Crippen LogP contribution in [0.4, 0.5) is 17.6 Å². The molecule has 2 aromatic carbocycles. The molecule has 188 valence electrons. The normalized spacial score (nSPS) is 15.9. The molecule has 1 aliphatic rings. The second kappa shape index (κ2) is 9.01. The topological polar surface area (TPSA) is 64.0 Å². The van der Waals surface area contributed by atoms with E-state index in [1.54, 1.807) is 16.9 Å². The van der Waals surface area contributed by atoms with Gasteiger partial charge in [0.2, 0.25) is 10.0 Å². The summed E-state index contributed by atoms with van der Waals surface area (Å²) in [5.74, 6) is -0.480. The van der Waals surface area contributed by atoms with Crippen molar-refractivity contribution in [3.63, 3.8) is 0 Å². The standard InChI is InChI=1S/C24H24BrF4N3O2S/c1-23(2,3)32-22(18-12-16(26)8-11-20(18)25)19(13-30-32)21(14-4-5-14)31-35(33,34)17-9-6-15(7-10-17)24(27,28)29/h6-14,21,31H,4-5H2,1-3H3. The van der Waals surface area contributed by atoms with Gasteiger partial charge in [0.05, 0.1) is 33.9 Å². The van der Waals surface area contributed by atoms with Gasteiger partial charge in [-0.25, -0.2) is 17.5 Å². The van der Waals surface area contributed by atoms with Crippen molar-refractivity contribution in [1.82, 2.24) is 14.5 Å². The summed E-state index contributed by atoms with van der Waals surface area (Å²) < 4.78 is 84.4. The highest BCUT2D eigenvalue weighted by Gasteiger charge is 2.39. The number of rotatable bonds is 6. The second-order valence-electron chi connectivity index (χ2n) is 9.61. The number of hydrogen-bond acceptors (Lipinski definition) is 3. The molecule has 1 fully saturated rings. The monoisotopic (exact) mass is 573 g/mol. The number of sulfonamides is 1. The van der Waals surface area contributed by atoms with Crippen LogP contribution in [0, 0.1) is 11.7 Å². The van der Waals surface area contributed by atoms with Gasteiger partial charge in [-0.15, -0.1) is 0 Å². The van der Waals surface area contributed by atoms with Crippen molar-refractivity contribution < 1.29 is 26.0 Å². The summed E-state index contributed by atoms with van der Waals surface area (Å²) in [5, 5.41) is 4.52. The van der Waals surface area contributed by atoms with Crippen LogP contribution in [-0.2, 0) is 21.7 Å². The van der Waals surface area contributed by atoms with Crippen molar-refractivity contribution in [1.29, 1.82) is 0 Å². The van der Waals surface area contributed by atoms with E-state index in [4.69, 9.17) is 0 Å². The van der Waals surface area contributed by atoms with Crippen molar-refractivity contribution >= 4 is 26.0 Å². The largest absolute Gasteiger partial charge is 0.416 e. The van der Waals surface area contributed by atoms with E-state index in [0.717, 1.165) is 37.1 Å². The maximum absolute atomic E-state index is 14.2. The third-order valence-electron chi connectivity index (χ3n) is 5.82. The molecule has 1 N–H and O–H groups in total. The number of nitrogens with zero attached hydrogens (tertiary/aromatic N) is 2. The molecule has 1 heterocycles. The van der Waals surface area contributed by atoms with Gasteiger partial charge in [0.1, 0.15) is 5.82 Å². The van der Waals surface area contributed by atoms with Crippen LogP contribution in [0.25, 0.3) is 11.3 Å². The summed E-state index contributed by atoms with van der Waals surface area (Å²) in [6.45, 7) is 5.79. The molecule has 3 aromatic rings. The summed E-state index contributed by atoms with van der Waals surface area (Å²) >= 11 is 3.47. The molecule has 1 aromatic heterocycles. The maximum atomic E-state index is 14.2. The Bertz CT molecular complexity index is 1340. The van der Waals surface area contributed by atoms with Gasteiger partial charge in [0.25, 0.3) is 0 Å². The highest BCUT2D eigenvalue weighted by molar-refractivity contribution is 9.10. The lowest BCUT2D eigenvalue weighted by molar-refractivity contribution is -0.137. The zero-order chi connectivity index (χ0) is 25.8. The molecule has 35 heavy (non-hydrogen) atoms. The maximum Gasteiger partial charge on any atom is 0.416 e. The Morgan fingerprint density at radius 3 is 2.26 bits per heavy atom. The third-order valence-corrected chi connectivity index (χ3v) is 7.97. The summed E-state index contributed by atoms with van der Waals surface area (Å²) in [6.07, 6.45) is -1.45. The van der Waals surface area contributed by atoms with Gasteiger partial charge in [0.15, 0.2) is 0 Å². The average Bonchev–Trinajstić information content (AvgIpc) is 3.50. The summed E-state index contributed by atoms with van der Waals surface area (Å²) in [4.78, 5) is -0.271. The fourth-order valence-electron chi connectivity index (χ4n) is 3.95. The minimum absolute atomic E-state index is 0.0251. The van der Waals surface area contributed by atoms with Gasteiger partial charge < -0.3 is 0 Å². The van der Waals surface area contributed by atoms with Crippen LogP contribution in [0.5, 0.6) is 0 Å². The Morgan fingerprint density at radius 1 is 1.09 bits per heavy atom. The number of aromatic nitrogens is 2. The van der Waals surface area contributed by atoms with Crippen LogP contribution in [0.2, 0.25) is 0 Å². The smallest absolute Gasteiger partial charge is 0.259 e. The highest BCUT2D eigenvalue weighted by atomic mass is 79.9. The molecule has 4 rings (SSSR count). The predicted octanol–water partition coefficient (Wildman–Crippen LogP) is 6.66. The molecule has 0 saturated heterocycles. The van der Waals surface area contributed by atoms with Crippen LogP contribution >= 0.6 is 15.9 Å². The first-order valence-electron chi connectivity index (χ1n) is 10.9. The Hall–Kier alpha value is -2.24. The van der Waals surface area contributed by atoms with Crippen molar-refractivity contribution in [3.8, 4) is 11.3 Å².